The lowest BCUT2D eigenvalue weighted by Gasteiger charge is -2.19. The molecule has 0 radical (unpaired) electrons. The van der Waals surface area contributed by atoms with Gasteiger partial charge in [0.1, 0.15) is 11.3 Å². The molecule has 1 aromatic rings. The molecule has 0 amide bonds. The zero-order chi connectivity index (χ0) is 15.3. The molecule has 1 atom stereocenters. The highest BCUT2D eigenvalue weighted by Gasteiger charge is 2.26. The van der Waals surface area contributed by atoms with Crippen LogP contribution in [0.5, 0.6) is 5.75 Å². The van der Waals surface area contributed by atoms with Crippen LogP contribution in [0, 0.1) is 6.92 Å². The molecule has 0 aliphatic rings. The molecule has 0 spiro atoms. The fourth-order valence-corrected chi connectivity index (χ4v) is 2.12. The van der Waals surface area contributed by atoms with Crippen LogP contribution in [0.3, 0.4) is 0 Å². The van der Waals surface area contributed by atoms with E-state index in [4.69, 9.17) is 15.6 Å². The Morgan fingerprint density at radius 2 is 2.10 bits per heavy atom. The summed E-state index contributed by atoms with van der Waals surface area (Å²) >= 11 is 0. The Balaban J connectivity index is 2.47. The van der Waals surface area contributed by atoms with Gasteiger partial charge in [0.15, 0.2) is 0 Å². The Morgan fingerprint density at radius 3 is 2.60 bits per heavy atom. The number of carbonyl (C=O) groups is 1. The third kappa shape index (κ3) is 4.53. The van der Waals surface area contributed by atoms with Crippen LogP contribution in [-0.4, -0.2) is 23.2 Å². The van der Waals surface area contributed by atoms with E-state index in [1.165, 1.54) is 18.1 Å². The molecular formula is C16H25NO3. The summed E-state index contributed by atoms with van der Waals surface area (Å²) in [7, 11) is 0. The van der Waals surface area contributed by atoms with Crippen molar-refractivity contribution in [2.24, 2.45) is 5.73 Å². The summed E-state index contributed by atoms with van der Waals surface area (Å²) in [5, 5.41) is 8.91. The molecule has 112 valence electrons. The quantitative estimate of drug-likeness (QED) is 0.752. The van der Waals surface area contributed by atoms with Crippen molar-refractivity contribution in [3.05, 3.63) is 29.3 Å². The summed E-state index contributed by atoms with van der Waals surface area (Å²) < 4.78 is 5.65. The second-order valence-electron chi connectivity index (χ2n) is 5.85. The molecule has 4 heteroatoms. The first kappa shape index (κ1) is 16.5. The van der Waals surface area contributed by atoms with Crippen LogP contribution in [-0.2, 0) is 4.79 Å². The molecule has 0 saturated carbocycles. The van der Waals surface area contributed by atoms with Gasteiger partial charge in [-0.15, -0.1) is 0 Å². The van der Waals surface area contributed by atoms with Gasteiger partial charge >= 0.3 is 5.97 Å². The third-order valence-electron chi connectivity index (χ3n) is 3.46. The van der Waals surface area contributed by atoms with Gasteiger partial charge in [-0.05, 0) is 55.9 Å². The van der Waals surface area contributed by atoms with E-state index in [-0.39, 0.29) is 0 Å². The predicted octanol–water partition coefficient (Wildman–Crippen LogP) is 3.08. The summed E-state index contributed by atoms with van der Waals surface area (Å²) in [6, 6.07) is 6.06. The number of hydrogen-bond donors (Lipinski definition) is 2. The summed E-state index contributed by atoms with van der Waals surface area (Å²) in [5.41, 5.74) is 7.01. The van der Waals surface area contributed by atoms with Gasteiger partial charge in [-0.25, -0.2) is 0 Å². The Labute approximate surface area is 120 Å². The third-order valence-corrected chi connectivity index (χ3v) is 3.46. The minimum Gasteiger partial charge on any atom is -0.494 e. The topological polar surface area (TPSA) is 72.5 Å². The van der Waals surface area contributed by atoms with Crippen LogP contribution in [0.2, 0.25) is 0 Å². The highest BCUT2D eigenvalue weighted by Crippen LogP contribution is 2.23. The Morgan fingerprint density at radius 1 is 1.45 bits per heavy atom. The standard InChI is InChI=1S/C16H25NO3/c1-11(2)14-7-6-13(10-12(14)3)20-9-5-8-16(4,17)15(18)19/h6-7,10-11H,5,8-9,17H2,1-4H3,(H,18,19). The normalized spacial score (nSPS) is 14.1. The minimum atomic E-state index is -1.18. The van der Waals surface area contributed by atoms with E-state index in [2.05, 4.69) is 26.8 Å². The highest BCUT2D eigenvalue weighted by molar-refractivity contribution is 5.77. The molecule has 1 aromatic carbocycles. The van der Waals surface area contributed by atoms with Crippen LogP contribution in [0.1, 0.15) is 50.7 Å². The summed E-state index contributed by atoms with van der Waals surface area (Å²) in [6.45, 7) is 8.40. The lowest BCUT2D eigenvalue weighted by Crippen LogP contribution is -2.44. The lowest BCUT2D eigenvalue weighted by molar-refractivity contribution is -0.142. The van der Waals surface area contributed by atoms with Crippen LogP contribution >= 0.6 is 0 Å². The average Bonchev–Trinajstić information content (AvgIpc) is 2.34. The molecule has 4 nitrogen and oxygen atoms in total. The zero-order valence-corrected chi connectivity index (χ0v) is 12.8. The molecule has 20 heavy (non-hydrogen) atoms. The fourth-order valence-electron chi connectivity index (χ4n) is 2.12. The Bertz CT molecular complexity index is 467. The predicted molar refractivity (Wildman–Crippen MR) is 80.2 cm³/mol. The smallest absolute Gasteiger partial charge is 0.323 e. The maximum Gasteiger partial charge on any atom is 0.323 e. The highest BCUT2D eigenvalue weighted by atomic mass is 16.5. The molecule has 1 unspecified atom stereocenters. The SMILES string of the molecule is Cc1cc(OCCCC(C)(N)C(=O)O)ccc1C(C)C. The first-order valence-corrected chi connectivity index (χ1v) is 6.99. The van der Waals surface area contributed by atoms with Crippen LogP contribution in [0.4, 0.5) is 0 Å². The fraction of sp³-hybridized carbons (Fsp3) is 0.562. The molecule has 0 fully saturated rings. The van der Waals surface area contributed by atoms with E-state index in [0.717, 1.165) is 5.75 Å². The van der Waals surface area contributed by atoms with Crippen molar-refractivity contribution in [2.45, 2.75) is 52.0 Å². The number of aryl methyl sites for hydroxylation is 1. The minimum absolute atomic E-state index is 0.394. The first-order chi connectivity index (χ1) is 9.24. The van der Waals surface area contributed by atoms with Crippen LogP contribution in [0.15, 0.2) is 18.2 Å². The van der Waals surface area contributed by atoms with E-state index in [1.807, 2.05) is 12.1 Å². The number of carboxylic acid groups (broad SMARTS) is 1. The molecule has 3 N–H and O–H groups in total. The Kier molecular flexibility index (Phi) is 5.57. The van der Waals surface area contributed by atoms with Crippen molar-refractivity contribution < 1.29 is 14.6 Å². The summed E-state index contributed by atoms with van der Waals surface area (Å²) in [4.78, 5) is 10.9. The second-order valence-corrected chi connectivity index (χ2v) is 5.85. The molecule has 0 saturated heterocycles. The molecule has 1 rings (SSSR count). The molecule has 0 aromatic heterocycles. The summed E-state index contributed by atoms with van der Waals surface area (Å²) in [6.07, 6.45) is 1.01. The monoisotopic (exact) mass is 279 g/mol. The van der Waals surface area contributed by atoms with E-state index < -0.39 is 11.5 Å². The maximum atomic E-state index is 10.9. The van der Waals surface area contributed by atoms with E-state index in [9.17, 15) is 4.79 Å². The van der Waals surface area contributed by atoms with Gasteiger partial charge < -0.3 is 15.6 Å². The number of ether oxygens (including phenoxy) is 1. The van der Waals surface area contributed by atoms with Gasteiger partial charge in [-0.2, -0.15) is 0 Å². The Hall–Kier alpha value is -1.55. The maximum absolute atomic E-state index is 10.9. The van der Waals surface area contributed by atoms with Crippen molar-refractivity contribution >= 4 is 5.97 Å². The molecular weight excluding hydrogens is 254 g/mol. The van der Waals surface area contributed by atoms with Crippen LogP contribution < -0.4 is 10.5 Å². The molecule has 0 aliphatic heterocycles. The van der Waals surface area contributed by atoms with Gasteiger partial charge in [0.2, 0.25) is 0 Å². The van der Waals surface area contributed by atoms with Gasteiger partial charge in [0, 0.05) is 0 Å². The molecule has 0 aliphatic carbocycles. The number of nitrogens with two attached hydrogens (primary N) is 1. The molecule has 0 bridgehead atoms. The van der Waals surface area contributed by atoms with Crippen molar-refractivity contribution in [3.8, 4) is 5.75 Å². The van der Waals surface area contributed by atoms with Crippen molar-refractivity contribution in [3.63, 3.8) is 0 Å². The number of carboxylic acids is 1. The zero-order valence-electron chi connectivity index (χ0n) is 12.8. The number of benzene rings is 1. The van der Waals surface area contributed by atoms with Gasteiger partial charge in [-0.1, -0.05) is 19.9 Å². The van der Waals surface area contributed by atoms with Crippen molar-refractivity contribution in [1.82, 2.24) is 0 Å². The molecule has 0 heterocycles. The van der Waals surface area contributed by atoms with Crippen molar-refractivity contribution in [1.29, 1.82) is 0 Å². The average molecular weight is 279 g/mol. The van der Waals surface area contributed by atoms with Crippen molar-refractivity contribution in [2.75, 3.05) is 6.61 Å². The van der Waals surface area contributed by atoms with Gasteiger partial charge in [-0.3, -0.25) is 4.79 Å². The van der Waals surface area contributed by atoms with E-state index in [0.29, 0.717) is 25.4 Å². The lowest BCUT2D eigenvalue weighted by atomic mass is 9.97. The van der Waals surface area contributed by atoms with E-state index in [1.54, 1.807) is 0 Å². The first-order valence-electron chi connectivity index (χ1n) is 6.99. The van der Waals surface area contributed by atoms with Gasteiger partial charge in [0.25, 0.3) is 0 Å². The van der Waals surface area contributed by atoms with E-state index >= 15 is 0 Å². The largest absolute Gasteiger partial charge is 0.494 e. The summed E-state index contributed by atoms with van der Waals surface area (Å²) in [5.74, 6) is 0.341. The number of aliphatic carboxylic acids is 1. The van der Waals surface area contributed by atoms with Crippen LogP contribution in [0.25, 0.3) is 0 Å². The number of hydrogen-bond acceptors (Lipinski definition) is 3. The van der Waals surface area contributed by atoms with Gasteiger partial charge in [0.05, 0.1) is 6.61 Å². The number of rotatable bonds is 7. The second kappa shape index (κ2) is 6.75.